The van der Waals surface area contributed by atoms with E-state index in [0.717, 1.165) is 45.9 Å². The Morgan fingerprint density at radius 2 is 1.88 bits per heavy atom. The molecule has 26 heavy (non-hydrogen) atoms. The first-order chi connectivity index (χ1) is 12.5. The predicted molar refractivity (Wildman–Crippen MR) is 98.6 cm³/mol. The fraction of sp³-hybridized carbons (Fsp3) is 0.733. The van der Waals surface area contributed by atoms with Crippen LogP contribution in [0.3, 0.4) is 0 Å². The van der Waals surface area contributed by atoms with Crippen LogP contribution in [0.5, 0.6) is 0 Å². The molecule has 3 heterocycles. The molecule has 2 aliphatic heterocycles. The summed E-state index contributed by atoms with van der Waals surface area (Å²) in [5.74, 6) is 0.521. The van der Waals surface area contributed by atoms with E-state index in [2.05, 4.69) is 25.1 Å². The Morgan fingerprint density at radius 3 is 2.54 bits per heavy atom. The number of likely N-dealkylation sites (N-methyl/N-ethyl adjacent to an activating group) is 1. The minimum absolute atomic E-state index is 0.104. The quantitative estimate of drug-likeness (QED) is 0.501. The smallest absolute Gasteiger partial charge is 0.353 e. The standard InChI is InChI=1S/C15H26N8O3/c1-20-4-6-22(7-5-20)14-12(23(24)25)13(16)18-15(19-14)17-2-3-21-8-10-26-11-9-21/h2-11H2,1H3,(H3,16,17,18,19). The number of nitrogen functional groups attached to an aromatic ring is 1. The van der Waals surface area contributed by atoms with Crippen molar-refractivity contribution in [3.8, 4) is 0 Å². The molecule has 3 rings (SSSR count). The van der Waals surface area contributed by atoms with E-state index in [4.69, 9.17) is 10.5 Å². The molecular weight excluding hydrogens is 340 g/mol. The topological polar surface area (TPSA) is 126 Å². The number of morpholine rings is 1. The fourth-order valence-corrected chi connectivity index (χ4v) is 3.10. The van der Waals surface area contributed by atoms with Gasteiger partial charge in [-0.05, 0) is 7.05 Å². The van der Waals surface area contributed by atoms with Crippen molar-refractivity contribution >= 4 is 23.3 Å². The van der Waals surface area contributed by atoms with Crippen LogP contribution in [0.25, 0.3) is 0 Å². The van der Waals surface area contributed by atoms with Crippen molar-refractivity contribution in [3.63, 3.8) is 0 Å². The summed E-state index contributed by atoms with van der Waals surface area (Å²) in [6, 6.07) is 0. The maximum Gasteiger partial charge on any atom is 0.353 e. The molecule has 0 bridgehead atoms. The molecular formula is C15H26N8O3. The second-order valence-corrected chi connectivity index (χ2v) is 6.53. The Bertz CT molecular complexity index is 630. The zero-order chi connectivity index (χ0) is 18.5. The Balaban J connectivity index is 1.71. The van der Waals surface area contributed by atoms with Crippen LogP contribution in [0.4, 0.5) is 23.3 Å². The van der Waals surface area contributed by atoms with Gasteiger partial charge in [0.1, 0.15) is 0 Å². The summed E-state index contributed by atoms with van der Waals surface area (Å²) in [4.78, 5) is 25.8. The molecule has 3 N–H and O–H groups in total. The van der Waals surface area contributed by atoms with Crippen molar-refractivity contribution in [2.75, 3.05) is 88.6 Å². The van der Waals surface area contributed by atoms with Gasteiger partial charge in [-0.2, -0.15) is 9.97 Å². The van der Waals surface area contributed by atoms with Gasteiger partial charge in [0.05, 0.1) is 18.1 Å². The molecule has 0 atom stereocenters. The number of hydrogen-bond acceptors (Lipinski definition) is 10. The molecule has 1 aromatic rings. The maximum absolute atomic E-state index is 11.5. The highest BCUT2D eigenvalue weighted by Gasteiger charge is 2.29. The fourth-order valence-electron chi connectivity index (χ4n) is 3.10. The van der Waals surface area contributed by atoms with Gasteiger partial charge < -0.3 is 25.6 Å². The van der Waals surface area contributed by atoms with Crippen LogP contribution in [-0.2, 0) is 4.74 Å². The second kappa shape index (κ2) is 8.43. The van der Waals surface area contributed by atoms with Gasteiger partial charge in [-0.25, -0.2) is 0 Å². The van der Waals surface area contributed by atoms with Gasteiger partial charge in [-0.1, -0.05) is 0 Å². The first-order valence-corrected chi connectivity index (χ1v) is 8.84. The third-order valence-electron chi connectivity index (χ3n) is 4.69. The molecule has 0 amide bonds. The normalized spacial score (nSPS) is 19.5. The van der Waals surface area contributed by atoms with E-state index < -0.39 is 4.92 Å². The molecule has 2 aliphatic rings. The molecule has 0 aliphatic carbocycles. The third kappa shape index (κ3) is 4.48. The van der Waals surface area contributed by atoms with E-state index in [1.807, 2.05) is 11.9 Å². The van der Waals surface area contributed by atoms with Crippen LogP contribution >= 0.6 is 0 Å². The number of nitrogens with one attached hydrogen (secondary N) is 1. The van der Waals surface area contributed by atoms with Gasteiger partial charge in [-0.15, -0.1) is 0 Å². The summed E-state index contributed by atoms with van der Waals surface area (Å²) in [6.45, 7) is 7.73. The van der Waals surface area contributed by atoms with Crippen LogP contribution in [0.15, 0.2) is 0 Å². The molecule has 1 aromatic heterocycles. The highest BCUT2D eigenvalue weighted by Crippen LogP contribution is 2.32. The number of rotatable bonds is 6. The summed E-state index contributed by atoms with van der Waals surface area (Å²) in [6.07, 6.45) is 0. The number of hydrogen-bond donors (Lipinski definition) is 2. The zero-order valence-electron chi connectivity index (χ0n) is 15.1. The first kappa shape index (κ1) is 18.5. The minimum Gasteiger partial charge on any atom is -0.379 e. The Kier molecular flexibility index (Phi) is 6.01. The van der Waals surface area contributed by atoms with Crippen molar-refractivity contribution in [1.29, 1.82) is 0 Å². The van der Waals surface area contributed by atoms with Gasteiger partial charge in [-0.3, -0.25) is 15.0 Å². The summed E-state index contributed by atoms with van der Waals surface area (Å²) in [7, 11) is 2.03. The van der Waals surface area contributed by atoms with Gasteiger partial charge in [0.2, 0.25) is 17.6 Å². The van der Waals surface area contributed by atoms with Gasteiger partial charge in [0.25, 0.3) is 0 Å². The highest BCUT2D eigenvalue weighted by molar-refractivity contribution is 5.71. The monoisotopic (exact) mass is 366 g/mol. The van der Waals surface area contributed by atoms with Gasteiger partial charge in [0, 0.05) is 52.4 Å². The molecule has 0 radical (unpaired) electrons. The van der Waals surface area contributed by atoms with E-state index in [1.165, 1.54) is 0 Å². The number of piperazine rings is 1. The number of nitrogens with zero attached hydrogens (tertiary/aromatic N) is 6. The van der Waals surface area contributed by atoms with E-state index in [-0.39, 0.29) is 11.5 Å². The molecule has 2 fully saturated rings. The number of nitrogens with two attached hydrogens (primary N) is 1. The Hall–Kier alpha value is -2.24. The highest BCUT2D eigenvalue weighted by atomic mass is 16.6. The minimum atomic E-state index is -0.500. The molecule has 0 spiro atoms. The maximum atomic E-state index is 11.5. The first-order valence-electron chi connectivity index (χ1n) is 8.84. The number of nitro groups is 1. The average molecular weight is 366 g/mol. The Labute approximate surface area is 152 Å². The van der Waals surface area contributed by atoms with Crippen molar-refractivity contribution < 1.29 is 9.66 Å². The number of aromatic nitrogens is 2. The number of anilines is 3. The van der Waals surface area contributed by atoms with Crippen LogP contribution < -0.4 is 16.0 Å². The molecule has 2 saturated heterocycles. The van der Waals surface area contributed by atoms with Gasteiger partial charge in [0.15, 0.2) is 0 Å². The molecule has 11 nitrogen and oxygen atoms in total. The summed E-state index contributed by atoms with van der Waals surface area (Å²) < 4.78 is 5.33. The van der Waals surface area contributed by atoms with E-state index in [1.54, 1.807) is 0 Å². The molecule has 0 unspecified atom stereocenters. The van der Waals surface area contributed by atoms with Crippen molar-refractivity contribution in [2.45, 2.75) is 0 Å². The lowest BCUT2D eigenvalue weighted by molar-refractivity contribution is -0.383. The molecule has 0 aromatic carbocycles. The van der Waals surface area contributed by atoms with Crippen LogP contribution in [0.1, 0.15) is 0 Å². The average Bonchev–Trinajstić information content (AvgIpc) is 2.62. The van der Waals surface area contributed by atoms with E-state index >= 15 is 0 Å². The van der Waals surface area contributed by atoms with E-state index in [9.17, 15) is 10.1 Å². The van der Waals surface area contributed by atoms with Crippen LogP contribution in [0.2, 0.25) is 0 Å². The molecule has 144 valence electrons. The van der Waals surface area contributed by atoms with E-state index in [0.29, 0.717) is 31.4 Å². The largest absolute Gasteiger partial charge is 0.379 e. The van der Waals surface area contributed by atoms with Crippen LogP contribution in [0, 0.1) is 10.1 Å². The molecule has 0 saturated carbocycles. The lowest BCUT2D eigenvalue weighted by Crippen LogP contribution is -2.45. The lowest BCUT2D eigenvalue weighted by atomic mass is 10.3. The van der Waals surface area contributed by atoms with Crippen molar-refractivity contribution in [1.82, 2.24) is 19.8 Å². The molecule has 11 heteroatoms. The second-order valence-electron chi connectivity index (χ2n) is 6.53. The van der Waals surface area contributed by atoms with Crippen LogP contribution in [-0.4, -0.2) is 97.3 Å². The van der Waals surface area contributed by atoms with Gasteiger partial charge >= 0.3 is 5.69 Å². The SMILES string of the molecule is CN1CCN(c2nc(NCCN3CCOCC3)nc(N)c2[N+](=O)[O-])CC1. The predicted octanol–water partition coefficient (Wildman–Crippen LogP) is -0.537. The van der Waals surface area contributed by atoms with Crippen molar-refractivity contribution in [3.05, 3.63) is 10.1 Å². The third-order valence-corrected chi connectivity index (χ3v) is 4.69. The lowest BCUT2D eigenvalue weighted by Gasteiger charge is -2.33. The van der Waals surface area contributed by atoms with Crippen molar-refractivity contribution in [2.24, 2.45) is 0 Å². The zero-order valence-corrected chi connectivity index (χ0v) is 15.1. The summed E-state index contributed by atoms with van der Waals surface area (Å²) in [5.41, 5.74) is 5.66. The Morgan fingerprint density at radius 1 is 1.19 bits per heavy atom. The summed E-state index contributed by atoms with van der Waals surface area (Å²) in [5, 5.41) is 14.6. The summed E-state index contributed by atoms with van der Waals surface area (Å²) >= 11 is 0. The number of ether oxygens (including phenoxy) is 1.